The van der Waals surface area contributed by atoms with Gasteiger partial charge in [0.05, 0.1) is 5.56 Å². The minimum atomic E-state index is -0.890. The Morgan fingerprint density at radius 3 is 2.57 bits per heavy atom. The number of hydrogen-bond acceptors (Lipinski definition) is 2. The van der Waals surface area contributed by atoms with Crippen LogP contribution in [0.5, 0.6) is 0 Å². The standard InChI is InChI=1S/C18H18N2O2.ClH/c21-18(22)14-7-5-13(6-8-14)11-19-10-9-15-12-20-17-4-2-1-3-16(15)17;/h1-8,12,19-20H,9-11H2,(H,21,22);1H/p-1. The van der Waals surface area contributed by atoms with Crippen LogP contribution in [-0.2, 0) is 13.0 Å². The first kappa shape index (κ1) is 17.1. The Labute approximate surface area is 140 Å². The van der Waals surface area contributed by atoms with Gasteiger partial charge in [-0.15, -0.1) is 0 Å². The molecule has 2 aromatic carbocycles. The average Bonchev–Trinajstić information content (AvgIpc) is 2.95. The highest BCUT2D eigenvalue weighted by Gasteiger charge is 2.03. The van der Waals surface area contributed by atoms with Gasteiger partial charge in [-0.05, 0) is 42.3 Å². The SMILES string of the molecule is O=C(O)c1ccc(CNCCc2c[nH]c3ccccc23)cc1.[Cl-]. The lowest BCUT2D eigenvalue weighted by Crippen LogP contribution is -3.00. The van der Waals surface area contributed by atoms with E-state index in [4.69, 9.17) is 5.11 Å². The van der Waals surface area contributed by atoms with Crippen LogP contribution in [0.1, 0.15) is 21.5 Å². The van der Waals surface area contributed by atoms with Crippen molar-refractivity contribution in [3.63, 3.8) is 0 Å². The third kappa shape index (κ3) is 4.12. The van der Waals surface area contributed by atoms with Crippen molar-refractivity contribution >= 4 is 16.9 Å². The van der Waals surface area contributed by atoms with Gasteiger partial charge in [0.2, 0.25) is 0 Å². The first-order valence-corrected chi connectivity index (χ1v) is 7.32. The summed E-state index contributed by atoms with van der Waals surface area (Å²) >= 11 is 0. The molecule has 23 heavy (non-hydrogen) atoms. The van der Waals surface area contributed by atoms with Gasteiger partial charge in [0.15, 0.2) is 0 Å². The monoisotopic (exact) mass is 329 g/mol. The molecule has 0 bridgehead atoms. The van der Waals surface area contributed by atoms with Crippen LogP contribution in [0.25, 0.3) is 10.9 Å². The maximum absolute atomic E-state index is 10.8. The van der Waals surface area contributed by atoms with Crippen molar-refractivity contribution in [1.29, 1.82) is 0 Å². The van der Waals surface area contributed by atoms with Gasteiger partial charge in [-0.2, -0.15) is 0 Å². The van der Waals surface area contributed by atoms with E-state index in [-0.39, 0.29) is 12.4 Å². The molecule has 3 N–H and O–H groups in total. The number of benzene rings is 2. The number of hydrogen-bond donors (Lipinski definition) is 3. The molecule has 0 radical (unpaired) electrons. The number of carboxylic acid groups (broad SMARTS) is 1. The number of para-hydroxylation sites is 1. The van der Waals surface area contributed by atoms with E-state index in [1.54, 1.807) is 12.1 Å². The molecule has 120 valence electrons. The average molecular weight is 330 g/mol. The summed E-state index contributed by atoms with van der Waals surface area (Å²) in [7, 11) is 0. The Morgan fingerprint density at radius 2 is 1.83 bits per heavy atom. The van der Waals surface area contributed by atoms with Crippen molar-refractivity contribution in [3.05, 3.63) is 71.4 Å². The number of halogens is 1. The molecule has 1 aromatic heterocycles. The van der Waals surface area contributed by atoms with Gasteiger partial charge in [-0.25, -0.2) is 4.79 Å². The molecule has 0 unspecified atom stereocenters. The van der Waals surface area contributed by atoms with Crippen LogP contribution in [0.2, 0.25) is 0 Å². The number of H-pyrrole nitrogens is 1. The Balaban J connectivity index is 0.00000192. The first-order chi connectivity index (χ1) is 10.7. The topological polar surface area (TPSA) is 65.1 Å². The summed E-state index contributed by atoms with van der Waals surface area (Å²) in [6, 6.07) is 15.3. The quantitative estimate of drug-likeness (QED) is 0.566. The van der Waals surface area contributed by atoms with Crippen LogP contribution in [0, 0.1) is 0 Å². The lowest BCUT2D eigenvalue weighted by Gasteiger charge is -2.05. The van der Waals surface area contributed by atoms with E-state index >= 15 is 0 Å². The molecule has 0 fully saturated rings. The maximum Gasteiger partial charge on any atom is 0.335 e. The lowest BCUT2D eigenvalue weighted by molar-refractivity contribution is -0.0000200. The molecule has 0 saturated heterocycles. The second kappa shape index (κ2) is 7.81. The summed E-state index contributed by atoms with van der Waals surface area (Å²) in [6.07, 6.45) is 3.02. The van der Waals surface area contributed by atoms with Gasteiger partial charge in [0.25, 0.3) is 0 Å². The third-order valence-electron chi connectivity index (χ3n) is 3.78. The Bertz CT molecular complexity index is 781. The minimum absolute atomic E-state index is 0. The summed E-state index contributed by atoms with van der Waals surface area (Å²) in [6.45, 7) is 1.62. The zero-order valence-corrected chi connectivity index (χ0v) is 13.3. The van der Waals surface area contributed by atoms with Gasteiger partial charge in [0.1, 0.15) is 0 Å². The van der Waals surface area contributed by atoms with E-state index in [1.165, 1.54) is 16.5 Å². The van der Waals surface area contributed by atoms with E-state index in [2.05, 4.69) is 34.7 Å². The molecule has 0 aliphatic rings. The highest BCUT2D eigenvalue weighted by atomic mass is 35.5. The van der Waals surface area contributed by atoms with Crippen LogP contribution in [0.3, 0.4) is 0 Å². The van der Waals surface area contributed by atoms with Crippen molar-refractivity contribution in [2.75, 3.05) is 6.54 Å². The molecule has 3 aromatic rings. The predicted molar refractivity (Wildman–Crippen MR) is 87.1 cm³/mol. The predicted octanol–water partition coefficient (Wildman–Crippen LogP) is 0.202. The fourth-order valence-corrected chi connectivity index (χ4v) is 2.56. The van der Waals surface area contributed by atoms with Gasteiger partial charge >= 0.3 is 5.97 Å². The summed E-state index contributed by atoms with van der Waals surface area (Å²) in [4.78, 5) is 14.1. The van der Waals surface area contributed by atoms with Crippen molar-refractivity contribution in [1.82, 2.24) is 10.3 Å². The van der Waals surface area contributed by atoms with Gasteiger partial charge < -0.3 is 27.8 Å². The molecule has 3 rings (SSSR count). The number of nitrogens with one attached hydrogen (secondary N) is 2. The molecular formula is C18H18ClN2O2-. The highest BCUT2D eigenvalue weighted by molar-refractivity contribution is 5.87. The van der Waals surface area contributed by atoms with Crippen molar-refractivity contribution in [2.24, 2.45) is 0 Å². The Hall–Kier alpha value is -2.30. The molecular weight excluding hydrogens is 312 g/mol. The van der Waals surface area contributed by atoms with Crippen LogP contribution in [0.15, 0.2) is 54.7 Å². The Kier molecular flexibility index (Phi) is 5.79. The van der Waals surface area contributed by atoms with Crippen LogP contribution in [-0.4, -0.2) is 22.6 Å². The molecule has 0 aliphatic carbocycles. The van der Waals surface area contributed by atoms with Crippen molar-refractivity contribution < 1.29 is 22.3 Å². The van der Waals surface area contributed by atoms with E-state index < -0.39 is 5.97 Å². The van der Waals surface area contributed by atoms with Gasteiger partial charge in [0, 0.05) is 23.6 Å². The fraction of sp³-hybridized carbons (Fsp3) is 0.167. The largest absolute Gasteiger partial charge is 1.00 e. The molecule has 0 amide bonds. The molecule has 0 atom stereocenters. The summed E-state index contributed by atoms with van der Waals surface area (Å²) < 4.78 is 0. The number of rotatable bonds is 6. The molecule has 5 heteroatoms. The zero-order chi connectivity index (χ0) is 15.4. The molecule has 0 spiro atoms. The van der Waals surface area contributed by atoms with Crippen molar-refractivity contribution in [3.8, 4) is 0 Å². The van der Waals surface area contributed by atoms with Gasteiger partial charge in [-0.1, -0.05) is 30.3 Å². The van der Waals surface area contributed by atoms with E-state index in [0.29, 0.717) is 5.56 Å². The number of carbonyl (C=O) groups is 1. The second-order valence-corrected chi connectivity index (χ2v) is 5.29. The number of aromatic amines is 1. The zero-order valence-electron chi connectivity index (χ0n) is 12.6. The number of aromatic nitrogens is 1. The summed E-state index contributed by atoms with van der Waals surface area (Å²) in [5, 5.41) is 13.5. The number of fused-ring (bicyclic) bond motifs is 1. The normalized spacial score (nSPS) is 10.4. The third-order valence-corrected chi connectivity index (χ3v) is 3.78. The Morgan fingerprint density at radius 1 is 1.09 bits per heavy atom. The van der Waals surface area contributed by atoms with E-state index in [9.17, 15) is 4.79 Å². The fourth-order valence-electron chi connectivity index (χ4n) is 2.56. The molecule has 4 nitrogen and oxygen atoms in total. The van der Waals surface area contributed by atoms with Gasteiger partial charge in [-0.3, -0.25) is 0 Å². The number of carboxylic acids is 1. The van der Waals surface area contributed by atoms with Crippen LogP contribution >= 0.6 is 0 Å². The summed E-state index contributed by atoms with van der Waals surface area (Å²) in [5.74, 6) is -0.890. The smallest absolute Gasteiger partial charge is 0.335 e. The van der Waals surface area contributed by atoms with Crippen LogP contribution in [0.4, 0.5) is 0 Å². The van der Waals surface area contributed by atoms with Crippen LogP contribution < -0.4 is 17.7 Å². The van der Waals surface area contributed by atoms with Crippen molar-refractivity contribution in [2.45, 2.75) is 13.0 Å². The second-order valence-electron chi connectivity index (χ2n) is 5.29. The highest BCUT2D eigenvalue weighted by Crippen LogP contribution is 2.17. The maximum atomic E-state index is 10.8. The number of aromatic carboxylic acids is 1. The summed E-state index contributed by atoms with van der Waals surface area (Å²) in [5.41, 5.74) is 3.89. The molecule has 0 saturated carbocycles. The van der Waals surface area contributed by atoms with E-state index in [1.807, 2.05) is 18.2 Å². The minimum Gasteiger partial charge on any atom is -1.00 e. The van der Waals surface area contributed by atoms with E-state index in [0.717, 1.165) is 25.1 Å². The molecule has 1 heterocycles. The molecule has 0 aliphatic heterocycles. The lowest BCUT2D eigenvalue weighted by atomic mass is 10.1. The first-order valence-electron chi connectivity index (χ1n) is 7.32.